The second kappa shape index (κ2) is 5.95. The Hall–Kier alpha value is -2.03. The number of hydrogen-bond donors (Lipinski definition) is 0. The number of carbonyl (C=O) groups excluding carboxylic acids is 1. The van der Waals surface area contributed by atoms with Gasteiger partial charge in [0.05, 0.1) is 0 Å². The van der Waals surface area contributed by atoms with Crippen molar-refractivity contribution in [3.05, 3.63) is 70.3 Å². The molecule has 20 heavy (non-hydrogen) atoms. The summed E-state index contributed by atoms with van der Waals surface area (Å²) in [6, 6.07) is 8.94. The van der Waals surface area contributed by atoms with Gasteiger partial charge in [-0.25, -0.2) is 8.78 Å². The van der Waals surface area contributed by atoms with Gasteiger partial charge in [-0.05, 0) is 49.1 Å². The maximum absolute atomic E-state index is 13.1. The number of Topliss-reactive ketones (excluding diaryl/α,β-unsaturated/α-hetero) is 1. The largest absolute Gasteiger partial charge is 0.294 e. The molecule has 104 valence electrons. The molecule has 0 atom stereocenters. The highest BCUT2D eigenvalue weighted by atomic mass is 19.1. The smallest absolute Gasteiger partial charge is 0.163 e. The standard InChI is InChI=1S/C17H16F2O/c1-11-3-4-13(7-12(11)2)5-6-17(20)14-8-15(18)10-16(19)9-14/h3-4,7-10H,5-6H2,1-2H3. The fourth-order valence-electron chi connectivity index (χ4n) is 2.08. The molecule has 0 spiro atoms. The molecular formula is C17H16F2O. The number of carbonyl (C=O) groups is 1. The summed E-state index contributed by atoms with van der Waals surface area (Å²) in [4.78, 5) is 11.9. The van der Waals surface area contributed by atoms with E-state index in [2.05, 4.69) is 0 Å². The molecule has 2 aromatic rings. The zero-order valence-electron chi connectivity index (χ0n) is 11.5. The van der Waals surface area contributed by atoms with Gasteiger partial charge in [-0.2, -0.15) is 0 Å². The first-order valence-electron chi connectivity index (χ1n) is 6.51. The lowest BCUT2D eigenvalue weighted by atomic mass is 10.00. The number of hydrogen-bond acceptors (Lipinski definition) is 1. The molecule has 3 heteroatoms. The van der Waals surface area contributed by atoms with Crippen LogP contribution < -0.4 is 0 Å². The molecule has 0 saturated heterocycles. The summed E-state index contributed by atoms with van der Waals surface area (Å²) in [6.07, 6.45) is 0.809. The molecule has 0 aliphatic heterocycles. The first-order chi connectivity index (χ1) is 9.45. The van der Waals surface area contributed by atoms with Gasteiger partial charge >= 0.3 is 0 Å². The highest BCUT2D eigenvalue weighted by molar-refractivity contribution is 5.96. The SMILES string of the molecule is Cc1ccc(CCC(=O)c2cc(F)cc(F)c2)cc1C. The number of halogens is 2. The molecule has 0 aliphatic carbocycles. The molecule has 0 fully saturated rings. The van der Waals surface area contributed by atoms with E-state index in [-0.39, 0.29) is 17.8 Å². The Balaban J connectivity index is 2.06. The van der Waals surface area contributed by atoms with Crippen molar-refractivity contribution in [2.24, 2.45) is 0 Å². The predicted octanol–water partition coefficient (Wildman–Crippen LogP) is 4.40. The van der Waals surface area contributed by atoms with Crippen LogP contribution in [0.5, 0.6) is 0 Å². The Morgan fingerprint density at radius 2 is 1.60 bits per heavy atom. The summed E-state index contributed by atoms with van der Waals surface area (Å²) in [5.41, 5.74) is 3.52. The third kappa shape index (κ3) is 3.50. The third-order valence-corrected chi connectivity index (χ3v) is 3.40. The minimum atomic E-state index is -0.723. The highest BCUT2D eigenvalue weighted by Gasteiger charge is 2.09. The molecule has 0 bridgehead atoms. The van der Waals surface area contributed by atoms with Crippen molar-refractivity contribution >= 4 is 5.78 Å². The molecule has 0 saturated carbocycles. The summed E-state index contributed by atoms with van der Waals surface area (Å²) in [5, 5.41) is 0. The summed E-state index contributed by atoms with van der Waals surface area (Å²) in [5.74, 6) is -1.69. The molecule has 0 unspecified atom stereocenters. The molecule has 2 rings (SSSR count). The molecule has 0 heterocycles. The quantitative estimate of drug-likeness (QED) is 0.755. The van der Waals surface area contributed by atoms with Crippen molar-refractivity contribution in [2.45, 2.75) is 26.7 Å². The van der Waals surface area contributed by atoms with Crippen molar-refractivity contribution in [3.63, 3.8) is 0 Å². The van der Waals surface area contributed by atoms with Crippen LogP contribution in [-0.4, -0.2) is 5.78 Å². The molecule has 0 amide bonds. The highest BCUT2D eigenvalue weighted by Crippen LogP contribution is 2.14. The van der Waals surface area contributed by atoms with Crippen LogP contribution >= 0.6 is 0 Å². The second-order valence-corrected chi connectivity index (χ2v) is 5.00. The predicted molar refractivity (Wildman–Crippen MR) is 74.9 cm³/mol. The van der Waals surface area contributed by atoms with Crippen LogP contribution in [0.2, 0.25) is 0 Å². The van der Waals surface area contributed by atoms with Gasteiger partial charge in [-0.15, -0.1) is 0 Å². The molecule has 0 N–H and O–H groups in total. The normalized spacial score (nSPS) is 10.6. The van der Waals surface area contributed by atoms with E-state index < -0.39 is 11.6 Å². The van der Waals surface area contributed by atoms with Crippen molar-refractivity contribution in [1.29, 1.82) is 0 Å². The minimum absolute atomic E-state index is 0.0892. The Kier molecular flexibility index (Phi) is 4.28. The van der Waals surface area contributed by atoms with E-state index in [0.717, 1.165) is 23.8 Å². The molecule has 0 aliphatic rings. The average Bonchev–Trinajstić information content (AvgIpc) is 2.38. The van der Waals surface area contributed by atoms with E-state index in [1.165, 1.54) is 11.1 Å². The van der Waals surface area contributed by atoms with Gasteiger partial charge in [-0.1, -0.05) is 18.2 Å². The first kappa shape index (κ1) is 14.4. The Morgan fingerprint density at radius 3 is 2.20 bits per heavy atom. The fourth-order valence-corrected chi connectivity index (χ4v) is 2.08. The van der Waals surface area contributed by atoms with E-state index in [0.29, 0.717) is 6.42 Å². The van der Waals surface area contributed by atoms with Crippen LogP contribution in [0.3, 0.4) is 0 Å². The zero-order chi connectivity index (χ0) is 14.7. The average molecular weight is 274 g/mol. The summed E-state index contributed by atoms with van der Waals surface area (Å²) in [7, 11) is 0. The van der Waals surface area contributed by atoms with Gasteiger partial charge in [0, 0.05) is 18.1 Å². The second-order valence-electron chi connectivity index (χ2n) is 5.00. The van der Waals surface area contributed by atoms with Crippen LogP contribution in [0.15, 0.2) is 36.4 Å². The Labute approximate surface area is 117 Å². The molecular weight excluding hydrogens is 258 g/mol. The number of aryl methyl sites for hydroxylation is 3. The molecule has 0 radical (unpaired) electrons. The van der Waals surface area contributed by atoms with E-state index in [4.69, 9.17) is 0 Å². The van der Waals surface area contributed by atoms with Crippen LogP contribution in [0.25, 0.3) is 0 Å². The Bertz CT molecular complexity index is 627. The van der Waals surface area contributed by atoms with E-state index in [9.17, 15) is 13.6 Å². The lowest BCUT2D eigenvalue weighted by molar-refractivity contribution is 0.0982. The lowest BCUT2D eigenvalue weighted by Gasteiger charge is -2.05. The maximum Gasteiger partial charge on any atom is 0.163 e. The molecule has 0 aromatic heterocycles. The minimum Gasteiger partial charge on any atom is -0.294 e. The summed E-state index contributed by atoms with van der Waals surface area (Å²) in [6.45, 7) is 4.04. The van der Waals surface area contributed by atoms with Gasteiger partial charge in [0.1, 0.15) is 11.6 Å². The van der Waals surface area contributed by atoms with Crippen LogP contribution in [-0.2, 0) is 6.42 Å². The van der Waals surface area contributed by atoms with Gasteiger partial charge in [0.15, 0.2) is 5.78 Å². The first-order valence-corrected chi connectivity index (χ1v) is 6.51. The zero-order valence-corrected chi connectivity index (χ0v) is 11.5. The van der Waals surface area contributed by atoms with Crippen molar-refractivity contribution in [3.8, 4) is 0 Å². The van der Waals surface area contributed by atoms with Crippen molar-refractivity contribution < 1.29 is 13.6 Å². The van der Waals surface area contributed by atoms with Crippen LogP contribution in [0, 0.1) is 25.5 Å². The Morgan fingerprint density at radius 1 is 0.950 bits per heavy atom. The van der Waals surface area contributed by atoms with Crippen molar-refractivity contribution in [1.82, 2.24) is 0 Å². The molecule has 2 aromatic carbocycles. The van der Waals surface area contributed by atoms with Gasteiger partial charge in [0.25, 0.3) is 0 Å². The van der Waals surface area contributed by atoms with Gasteiger partial charge < -0.3 is 0 Å². The van der Waals surface area contributed by atoms with Crippen LogP contribution in [0.1, 0.15) is 33.5 Å². The van der Waals surface area contributed by atoms with Crippen molar-refractivity contribution in [2.75, 3.05) is 0 Å². The monoisotopic (exact) mass is 274 g/mol. The lowest BCUT2D eigenvalue weighted by Crippen LogP contribution is -2.03. The van der Waals surface area contributed by atoms with E-state index >= 15 is 0 Å². The van der Waals surface area contributed by atoms with E-state index in [1.807, 2.05) is 32.0 Å². The topological polar surface area (TPSA) is 17.1 Å². The molecule has 1 nitrogen and oxygen atoms in total. The van der Waals surface area contributed by atoms with Gasteiger partial charge in [-0.3, -0.25) is 4.79 Å². The van der Waals surface area contributed by atoms with E-state index in [1.54, 1.807) is 0 Å². The summed E-state index contributed by atoms with van der Waals surface area (Å²) < 4.78 is 26.1. The maximum atomic E-state index is 13.1. The number of benzene rings is 2. The number of rotatable bonds is 4. The summed E-state index contributed by atoms with van der Waals surface area (Å²) >= 11 is 0. The third-order valence-electron chi connectivity index (χ3n) is 3.40. The fraction of sp³-hybridized carbons (Fsp3) is 0.235. The van der Waals surface area contributed by atoms with Gasteiger partial charge in [0.2, 0.25) is 0 Å². The van der Waals surface area contributed by atoms with Crippen LogP contribution in [0.4, 0.5) is 8.78 Å². The number of ketones is 1.